The van der Waals surface area contributed by atoms with Crippen LogP contribution in [0.1, 0.15) is 30.7 Å². The van der Waals surface area contributed by atoms with Gasteiger partial charge in [-0.25, -0.2) is 33.4 Å². The number of hydrogen-bond donors (Lipinski definition) is 0. The van der Waals surface area contributed by atoms with Gasteiger partial charge in [-0.15, -0.1) is 0 Å². The molecule has 3 aromatic rings. The van der Waals surface area contributed by atoms with Crippen LogP contribution in [0.4, 0.5) is 33.7 Å². The average molecular weight is 496 g/mol. The second-order valence-corrected chi connectivity index (χ2v) is 8.77. The Bertz CT molecular complexity index is 1270. The molecule has 0 saturated carbocycles. The number of halogens is 5. The van der Waals surface area contributed by atoms with E-state index >= 15 is 0 Å². The monoisotopic (exact) mass is 496 g/mol. The second-order valence-electron chi connectivity index (χ2n) is 8.77. The SMILES string of the molecule is Cc1nn(CC(F)F)c2nc(N3CCC4(CC3)CCN(c3nccc(C(F)(F)F)n3)C4=O)cnc12. The molecular formula is C21H21F5N8O. The zero-order valence-electron chi connectivity index (χ0n) is 18.6. The summed E-state index contributed by atoms with van der Waals surface area (Å²) in [5, 5.41) is 4.10. The van der Waals surface area contributed by atoms with Crippen LogP contribution < -0.4 is 9.80 Å². The van der Waals surface area contributed by atoms with E-state index in [0.717, 1.165) is 16.9 Å². The number of aryl methyl sites for hydroxylation is 1. The van der Waals surface area contributed by atoms with Gasteiger partial charge in [-0.05, 0) is 32.3 Å². The largest absolute Gasteiger partial charge is 0.433 e. The van der Waals surface area contributed by atoms with Crippen LogP contribution in [-0.2, 0) is 17.5 Å². The fourth-order valence-corrected chi connectivity index (χ4v) is 4.77. The Balaban J connectivity index is 1.32. The Hall–Kier alpha value is -3.45. The lowest BCUT2D eigenvalue weighted by Crippen LogP contribution is -2.45. The number of amides is 1. The van der Waals surface area contributed by atoms with Crippen molar-refractivity contribution in [3.05, 3.63) is 29.8 Å². The lowest BCUT2D eigenvalue weighted by molar-refractivity contribution is -0.141. The Kier molecular flexibility index (Phi) is 5.55. The first kappa shape index (κ1) is 23.3. The van der Waals surface area contributed by atoms with E-state index in [1.807, 2.05) is 4.90 Å². The molecular weight excluding hydrogens is 475 g/mol. The Morgan fingerprint density at radius 1 is 1.09 bits per heavy atom. The summed E-state index contributed by atoms with van der Waals surface area (Å²) in [7, 11) is 0. The minimum atomic E-state index is -4.63. The molecule has 0 bridgehead atoms. The van der Waals surface area contributed by atoms with Gasteiger partial charge in [-0.1, -0.05) is 0 Å². The highest BCUT2D eigenvalue weighted by atomic mass is 19.4. The number of fused-ring (bicyclic) bond motifs is 1. The number of carbonyl (C=O) groups is 1. The molecule has 0 radical (unpaired) electrons. The van der Waals surface area contributed by atoms with E-state index < -0.39 is 30.3 Å². The van der Waals surface area contributed by atoms with Crippen molar-refractivity contribution in [2.45, 2.75) is 45.3 Å². The molecule has 2 aliphatic rings. The molecule has 2 fully saturated rings. The molecule has 0 atom stereocenters. The molecule has 1 amide bonds. The predicted octanol–water partition coefficient (Wildman–Crippen LogP) is 3.23. The fourth-order valence-electron chi connectivity index (χ4n) is 4.77. The maximum absolute atomic E-state index is 13.2. The van der Waals surface area contributed by atoms with Gasteiger partial charge in [0.15, 0.2) is 5.65 Å². The van der Waals surface area contributed by atoms with Crippen LogP contribution in [-0.4, -0.2) is 61.7 Å². The van der Waals surface area contributed by atoms with E-state index in [9.17, 15) is 26.7 Å². The second kappa shape index (κ2) is 8.34. The number of aromatic nitrogens is 6. The minimum Gasteiger partial charge on any atom is -0.355 e. The van der Waals surface area contributed by atoms with E-state index in [0.29, 0.717) is 49.4 Å². The zero-order chi connectivity index (χ0) is 25.0. The highest BCUT2D eigenvalue weighted by Crippen LogP contribution is 2.43. The van der Waals surface area contributed by atoms with E-state index in [1.54, 1.807) is 13.1 Å². The fraction of sp³-hybridized carbons (Fsp3) is 0.524. The number of anilines is 2. The molecule has 2 saturated heterocycles. The predicted molar refractivity (Wildman–Crippen MR) is 114 cm³/mol. The summed E-state index contributed by atoms with van der Waals surface area (Å²) in [6.07, 6.45) is -3.27. The van der Waals surface area contributed by atoms with Gasteiger partial charge in [0.05, 0.1) is 17.3 Å². The van der Waals surface area contributed by atoms with E-state index in [-0.39, 0.29) is 24.0 Å². The number of hydrogen-bond acceptors (Lipinski definition) is 7. The smallest absolute Gasteiger partial charge is 0.355 e. The molecule has 0 aromatic carbocycles. The lowest BCUT2D eigenvalue weighted by Gasteiger charge is -2.38. The minimum absolute atomic E-state index is 0.234. The lowest BCUT2D eigenvalue weighted by atomic mass is 9.77. The highest BCUT2D eigenvalue weighted by Gasteiger charge is 2.49. The highest BCUT2D eigenvalue weighted by molar-refractivity contribution is 5.98. The number of carbonyl (C=O) groups excluding carboxylic acids is 1. The third-order valence-electron chi connectivity index (χ3n) is 6.64. The van der Waals surface area contributed by atoms with Gasteiger partial charge in [0, 0.05) is 25.8 Å². The summed E-state index contributed by atoms with van der Waals surface area (Å²) in [6.45, 7) is 2.22. The van der Waals surface area contributed by atoms with E-state index in [4.69, 9.17) is 0 Å². The molecule has 3 aromatic heterocycles. The van der Waals surface area contributed by atoms with Gasteiger partial charge in [0.1, 0.15) is 23.6 Å². The molecule has 0 N–H and O–H groups in total. The van der Waals surface area contributed by atoms with Gasteiger partial charge in [-0.3, -0.25) is 9.69 Å². The summed E-state index contributed by atoms with van der Waals surface area (Å²) >= 11 is 0. The van der Waals surface area contributed by atoms with Crippen molar-refractivity contribution in [2.24, 2.45) is 5.41 Å². The van der Waals surface area contributed by atoms with Crippen molar-refractivity contribution in [1.29, 1.82) is 0 Å². The molecule has 5 rings (SSSR count). The zero-order valence-corrected chi connectivity index (χ0v) is 18.6. The van der Waals surface area contributed by atoms with Gasteiger partial charge in [-0.2, -0.15) is 18.3 Å². The normalized spacial score (nSPS) is 18.4. The van der Waals surface area contributed by atoms with Gasteiger partial charge >= 0.3 is 6.18 Å². The molecule has 14 heteroatoms. The van der Waals surface area contributed by atoms with Crippen molar-refractivity contribution in [2.75, 3.05) is 29.4 Å². The third-order valence-corrected chi connectivity index (χ3v) is 6.64. The number of alkyl halides is 5. The summed E-state index contributed by atoms with van der Waals surface area (Å²) in [5.74, 6) is -0.0435. The molecule has 186 valence electrons. The van der Waals surface area contributed by atoms with Crippen LogP contribution in [0.15, 0.2) is 18.5 Å². The van der Waals surface area contributed by atoms with E-state index in [1.165, 1.54) is 4.90 Å². The molecule has 0 unspecified atom stereocenters. The van der Waals surface area contributed by atoms with Crippen LogP contribution in [0.3, 0.4) is 0 Å². The first-order chi connectivity index (χ1) is 16.6. The Morgan fingerprint density at radius 2 is 1.80 bits per heavy atom. The third kappa shape index (κ3) is 4.14. The topological polar surface area (TPSA) is 92.9 Å². The van der Waals surface area contributed by atoms with Crippen LogP contribution in [0.5, 0.6) is 0 Å². The summed E-state index contributed by atoms with van der Waals surface area (Å²) in [6, 6.07) is 0.769. The standard InChI is InChI=1S/C21H21F5N8O/c1-12-16-17(34(31-12)11-14(22)23)30-15(10-28-16)32-7-3-20(4-8-32)5-9-33(18(20)35)19-27-6-2-13(29-19)21(24,25)26/h2,6,10,14H,3-5,7-9,11H2,1H3. The molecule has 35 heavy (non-hydrogen) atoms. The van der Waals surface area contributed by atoms with Gasteiger partial charge in [0.25, 0.3) is 6.43 Å². The molecule has 9 nitrogen and oxygen atoms in total. The molecule has 2 aliphatic heterocycles. The molecule has 5 heterocycles. The van der Waals surface area contributed by atoms with Crippen LogP contribution in [0.25, 0.3) is 11.2 Å². The van der Waals surface area contributed by atoms with Crippen LogP contribution in [0.2, 0.25) is 0 Å². The first-order valence-corrected chi connectivity index (χ1v) is 11.0. The quantitative estimate of drug-likeness (QED) is 0.512. The summed E-state index contributed by atoms with van der Waals surface area (Å²) in [4.78, 5) is 32.7. The molecule has 0 aliphatic carbocycles. The van der Waals surface area contributed by atoms with Gasteiger partial charge in [0.2, 0.25) is 11.9 Å². The number of piperidine rings is 1. The summed E-state index contributed by atoms with van der Waals surface area (Å²) in [5.41, 5.74) is -0.595. The van der Waals surface area contributed by atoms with Crippen molar-refractivity contribution in [1.82, 2.24) is 29.7 Å². The summed E-state index contributed by atoms with van der Waals surface area (Å²) < 4.78 is 66.1. The Labute approximate surface area is 196 Å². The van der Waals surface area contributed by atoms with Crippen molar-refractivity contribution >= 4 is 28.8 Å². The van der Waals surface area contributed by atoms with Crippen molar-refractivity contribution in [3.8, 4) is 0 Å². The number of rotatable bonds is 4. The average Bonchev–Trinajstić information content (AvgIpc) is 3.30. The molecule has 1 spiro atoms. The Morgan fingerprint density at radius 3 is 2.49 bits per heavy atom. The number of nitrogens with zero attached hydrogens (tertiary/aromatic N) is 8. The van der Waals surface area contributed by atoms with Crippen molar-refractivity contribution < 1.29 is 26.7 Å². The van der Waals surface area contributed by atoms with Crippen LogP contribution in [0, 0.1) is 12.3 Å². The first-order valence-electron chi connectivity index (χ1n) is 11.0. The van der Waals surface area contributed by atoms with Crippen molar-refractivity contribution in [3.63, 3.8) is 0 Å². The maximum atomic E-state index is 13.2. The maximum Gasteiger partial charge on any atom is 0.433 e. The van der Waals surface area contributed by atoms with E-state index in [2.05, 4.69) is 25.0 Å². The van der Waals surface area contributed by atoms with Gasteiger partial charge < -0.3 is 4.90 Å². The van der Waals surface area contributed by atoms with Crippen LogP contribution >= 0.6 is 0 Å².